The lowest BCUT2D eigenvalue weighted by atomic mass is 9.95. The summed E-state index contributed by atoms with van der Waals surface area (Å²) < 4.78 is 24.3. The Morgan fingerprint density at radius 3 is 2.36 bits per heavy atom. The van der Waals surface area contributed by atoms with Crippen molar-refractivity contribution in [1.82, 2.24) is 14.3 Å². The lowest BCUT2D eigenvalue weighted by Crippen LogP contribution is -2.39. The minimum Gasteiger partial charge on any atom is -0.493 e. The molecule has 1 aliphatic heterocycles. The van der Waals surface area contributed by atoms with E-state index in [1.165, 1.54) is 51.0 Å². The average Bonchev–Trinajstić information content (AvgIpc) is 3.67. The molecule has 0 amide bonds. The van der Waals surface area contributed by atoms with Gasteiger partial charge in [0.1, 0.15) is 5.69 Å². The number of rotatable bonds is 9. The summed E-state index contributed by atoms with van der Waals surface area (Å²) in [5.74, 6) is -0.760. The highest BCUT2D eigenvalue weighted by Gasteiger charge is 2.34. The fourth-order valence-corrected chi connectivity index (χ4v) is 6.69. The summed E-state index contributed by atoms with van der Waals surface area (Å²) in [5.41, 5.74) is 2.27. The van der Waals surface area contributed by atoms with E-state index in [9.17, 15) is 24.5 Å². The minimum atomic E-state index is -0.975. The van der Waals surface area contributed by atoms with Crippen molar-refractivity contribution < 1.29 is 33.5 Å². The van der Waals surface area contributed by atoms with Crippen LogP contribution >= 0.6 is 11.3 Å². The van der Waals surface area contributed by atoms with Crippen molar-refractivity contribution in [2.24, 2.45) is 4.99 Å². The SMILES string of the molecule is COC(=O)C1=C(C)N=c2s/c(=C\c3cn(-c4ccccc4)nc3-c3ccc(OC)c([N+](=O)[O-])c3)c(=O)n2C1c1ccc(OC(C)=O)c(OC)c1. The first-order valence-electron chi connectivity index (χ1n) is 15.0. The summed E-state index contributed by atoms with van der Waals surface area (Å²) in [6.45, 7) is 2.91. The molecule has 0 N–H and O–H groups in total. The van der Waals surface area contributed by atoms with Crippen LogP contribution in [0.25, 0.3) is 23.0 Å². The molecule has 14 nitrogen and oxygen atoms in total. The van der Waals surface area contributed by atoms with Crippen LogP contribution in [-0.2, 0) is 14.3 Å². The Hall–Kier alpha value is -6.35. The van der Waals surface area contributed by atoms with Crippen molar-refractivity contribution in [2.75, 3.05) is 21.3 Å². The summed E-state index contributed by atoms with van der Waals surface area (Å²) >= 11 is 1.10. The predicted molar refractivity (Wildman–Crippen MR) is 182 cm³/mol. The molecule has 3 aromatic carbocycles. The Balaban J connectivity index is 1.57. The molecule has 0 aliphatic carbocycles. The minimum absolute atomic E-state index is 0.0883. The summed E-state index contributed by atoms with van der Waals surface area (Å²) in [7, 11) is 4.00. The second kappa shape index (κ2) is 13.6. The van der Waals surface area contributed by atoms with Gasteiger partial charge in [-0.15, -0.1) is 0 Å². The van der Waals surface area contributed by atoms with E-state index in [-0.39, 0.29) is 33.0 Å². The van der Waals surface area contributed by atoms with E-state index in [4.69, 9.17) is 24.0 Å². The molecular formula is C35H29N5O9S. The average molecular weight is 696 g/mol. The molecular weight excluding hydrogens is 666 g/mol. The third kappa shape index (κ3) is 6.17. The maximum atomic E-state index is 14.4. The van der Waals surface area contributed by atoms with Crippen LogP contribution in [0.1, 0.15) is 31.0 Å². The van der Waals surface area contributed by atoms with E-state index >= 15 is 0 Å². The Morgan fingerprint density at radius 1 is 0.980 bits per heavy atom. The highest BCUT2D eigenvalue weighted by molar-refractivity contribution is 7.07. The maximum absolute atomic E-state index is 14.4. The molecule has 1 atom stereocenters. The van der Waals surface area contributed by atoms with Gasteiger partial charge < -0.3 is 18.9 Å². The number of aromatic nitrogens is 3. The number of nitrogens with zero attached hydrogens (tertiary/aromatic N) is 5. The lowest BCUT2D eigenvalue weighted by Gasteiger charge is -2.25. The third-order valence-electron chi connectivity index (χ3n) is 7.88. The number of carbonyl (C=O) groups excluding carboxylic acids is 2. The number of nitro groups is 1. The zero-order valence-electron chi connectivity index (χ0n) is 27.4. The molecule has 0 bridgehead atoms. The standard InChI is InChI=1S/C35H29N5O9S/c1-19-30(34(43)48-5)32(22-12-14-27(49-20(2)41)28(16-22)47-4)39-33(42)29(50-35(39)36-19)17-23-18-38(24-9-7-6-8-10-24)37-31(23)21-11-13-26(46-3)25(15-21)40(44)45/h6-18,32H,1-5H3/b29-17-. The molecule has 0 radical (unpaired) electrons. The number of ether oxygens (including phenoxy) is 4. The number of benzene rings is 3. The first-order valence-corrected chi connectivity index (χ1v) is 15.8. The van der Waals surface area contributed by atoms with Gasteiger partial charge in [0.2, 0.25) is 0 Å². The number of allylic oxidation sites excluding steroid dienone is 1. The van der Waals surface area contributed by atoms with Gasteiger partial charge in [0.05, 0.1) is 53.8 Å². The van der Waals surface area contributed by atoms with E-state index in [0.29, 0.717) is 32.9 Å². The molecule has 2 aromatic heterocycles. The number of hydrogen-bond donors (Lipinski definition) is 0. The highest BCUT2D eigenvalue weighted by atomic mass is 32.1. The Kier molecular flexibility index (Phi) is 9.15. The summed E-state index contributed by atoms with van der Waals surface area (Å²) in [6, 6.07) is 17.5. The van der Waals surface area contributed by atoms with Crippen LogP contribution in [0, 0.1) is 10.1 Å². The topological polar surface area (TPSA) is 166 Å². The molecule has 0 fully saturated rings. The molecule has 254 valence electrons. The second-order valence-electron chi connectivity index (χ2n) is 10.9. The molecule has 5 aromatic rings. The number of fused-ring (bicyclic) bond motifs is 1. The van der Waals surface area contributed by atoms with Gasteiger partial charge in [0.25, 0.3) is 5.56 Å². The van der Waals surface area contributed by atoms with Gasteiger partial charge in [0, 0.05) is 30.3 Å². The van der Waals surface area contributed by atoms with E-state index in [1.807, 2.05) is 30.3 Å². The zero-order valence-corrected chi connectivity index (χ0v) is 28.2. The molecule has 0 spiro atoms. The molecule has 3 heterocycles. The number of para-hydroxylation sites is 1. The fraction of sp³-hybridized carbons (Fsp3) is 0.171. The fourth-order valence-electron chi connectivity index (χ4n) is 5.65. The number of nitro benzene ring substituents is 1. The van der Waals surface area contributed by atoms with Crippen LogP contribution in [0.3, 0.4) is 0 Å². The summed E-state index contributed by atoms with van der Waals surface area (Å²) in [4.78, 5) is 55.5. The summed E-state index contributed by atoms with van der Waals surface area (Å²) in [5, 5.41) is 16.6. The van der Waals surface area contributed by atoms with Crippen molar-refractivity contribution in [3.8, 4) is 34.2 Å². The van der Waals surface area contributed by atoms with Gasteiger partial charge >= 0.3 is 17.6 Å². The lowest BCUT2D eigenvalue weighted by molar-refractivity contribution is -0.385. The maximum Gasteiger partial charge on any atom is 0.338 e. The van der Waals surface area contributed by atoms with Gasteiger partial charge in [-0.25, -0.2) is 14.5 Å². The largest absolute Gasteiger partial charge is 0.493 e. The van der Waals surface area contributed by atoms with Crippen LogP contribution in [-0.4, -0.2) is 52.5 Å². The highest BCUT2D eigenvalue weighted by Crippen LogP contribution is 2.37. The second-order valence-corrected chi connectivity index (χ2v) is 11.9. The molecule has 15 heteroatoms. The van der Waals surface area contributed by atoms with Crippen LogP contribution in [0.15, 0.2) is 94.0 Å². The van der Waals surface area contributed by atoms with Crippen molar-refractivity contribution in [3.63, 3.8) is 0 Å². The molecule has 0 saturated heterocycles. The van der Waals surface area contributed by atoms with Crippen molar-refractivity contribution >= 4 is 35.0 Å². The Bertz CT molecular complexity index is 2390. The predicted octanol–water partition coefficient (Wildman–Crippen LogP) is 4.11. The normalized spacial score (nSPS) is 14.1. The van der Waals surface area contributed by atoms with Gasteiger partial charge in [-0.2, -0.15) is 5.10 Å². The van der Waals surface area contributed by atoms with Gasteiger partial charge in [-0.3, -0.25) is 24.3 Å². The Morgan fingerprint density at radius 2 is 1.70 bits per heavy atom. The molecule has 50 heavy (non-hydrogen) atoms. The molecule has 0 saturated carbocycles. The first-order chi connectivity index (χ1) is 24.0. The van der Waals surface area contributed by atoms with Crippen molar-refractivity contribution in [3.05, 3.63) is 125 Å². The zero-order chi connectivity index (χ0) is 35.7. The number of esters is 2. The summed E-state index contributed by atoms with van der Waals surface area (Å²) in [6.07, 6.45) is 3.36. The van der Waals surface area contributed by atoms with Crippen molar-refractivity contribution in [2.45, 2.75) is 19.9 Å². The van der Waals surface area contributed by atoms with Crippen LogP contribution < -0.4 is 29.1 Å². The van der Waals surface area contributed by atoms with Gasteiger partial charge in [-0.1, -0.05) is 35.6 Å². The van der Waals surface area contributed by atoms with Crippen LogP contribution in [0.5, 0.6) is 17.2 Å². The molecule has 6 rings (SSSR count). The third-order valence-corrected chi connectivity index (χ3v) is 8.87. The van der Waals surface area contributed by atoms with Crippen LogP contribution in [0.2, 0.25) is 0 Å². The van der Waals surface area contributed by atoms with Crippen LogP contribution in [0.4, 0.5) is 5.69 Å². The van der Waals surface area contributed by atoms with Gasteiger partial charge in [-0.05, 0) is 55.0 Å². The first kappa shape index (κ1) is 33.5. The molecule has 1 aliphatic rings. The van der Waals surface area contributed by atoms with Gasteiger partial charge in [0.15, 0.2) is 22.0 Å². The smallest absolute Gasteiger partial charge is 0.338 e. The number of hydrogen-bond acceptors (Lipinski definition) is 12. The quantitative estimate of drug-likeness (QED) is 0.0948. The van der Waals surface area contributed by atoms with E-state index in [1.54, 1.807) is 42.1 Å². The monoisotopic (exact) mass is 695 g/mol. The number of thiazole rings is 1. The Labute approximate surface area is 287 Å². The number of carbonyl (C=O) groups is 2. The van der Waals surface area contributed by atoms with E-state index in [2.05, 4.69) is 4.99 Å². The number of methoxy groups -OCH3 is 3. The van der Waals surface area contributed by atoms with E-state index < -0.39 is 28.5 Å². The van der Waals surface area contributed by atoms with Crippen molar-refractivity contribution in [1.29, 1.82) is 0 Å². The molecule has 1 unspecified atom stereocenters. The van der Waals surface area contributed by atoms with E-state index in [0.717, 1.165) is 17.0 Å².